The second-order valence-corrected chi connectivity index (χ2v) is 5.55. The molecular weight excluding hydrogens is 350 g/mol. The Morgan fingerprint density at radius 2 is 1.22 bits per heavy atom. The maximum absolute atomic E-state index is 5.55. The molecule has 3 rings (SSSR count). The molecule has 0 atom stereocenters. The van der Waals surface area contributed by atoms with E-state index in [2.05, 4.69) is 5.16 Å². The van der Waals surface area contributed by atoms with E-state index in [4.69, 9.17) is 28.2 Å². The van der Waals surface area contributed by atoms with Crippen molar-refractivity contribution in [2.24, 2.45) is 0 Å². The number of benzene rings is 2. The van der Waals surface area contributed by atoms with Crippen molar-refractivity contribution in [3.05, 3.63) is 36.5 Å². The van der Waals surface area contributed by atoms with Crippen molar-refractivity contribution >= 4 is 0 Å². The van der Waals surface area contributed by atoms with Gasteiger partial charge in [-0.2, -0.15) is 0 Å². The van der Waals surface area contributed by atoms with E-state index in [1.54, 1.807) is 53.9 Å². The molecule has 0 aliphatic heterocycles. The predicted molar refractivity (Wildman–Crippen MR) is 100 cm³/mol. The van der Waals surface area contributed by atoms with E-state index < -0.39 is 0 Å². The van der Waals surface area contributed by atoms with E-state index in [0.29, 0.717) is 40.1 Å². The van der Waals surface area contributed by atoms with Crippen molar-refractivity contribution in [1.82, 2.24) is 5.16 Å². The van der Waals surface area contributed by atoms with Crippen molar-refractivity contribution < 1.29 is 28.2 Å². The summed E-state index contributed by atoms with van der Waals surface area (Å²) in [4.78, 5) is 0. The third-order valence-electron chi connectivity index (χ3n) is 4.22. The number of nitrogens with zero attached hydrogens (tertiary/aromatic N) is 1. The number of rotatable bonds is 7. The molecule has 27 heavy (non-hydrogen) atoms. The number of hydrogen-bond donors (Lipinski definition) is 0. The Labute approximate surface area is 157 Å². The molecule has 0 aliphatic rings. The first kappa shape index (κ1) is 18.4. The van der Waals surface area contributed by atoms with E-state index in [1.807, 2.05) is 18.2 Å². The smallest absolute Gasteiger partial charge is 0.178 e. The van der Waals surface area contributed by atoms with Gasteiger partial charge in [0.15, 0.2) is 28.8 Å². The molecule has 1 aromatic heterocycles. The topological polar surface area (TPSA) is 72.2 Å². The molecule has 7 nitrogen and oxygen atoms in total. The molecule has 0 amide bonds. The molecule has 0 N–H and O–H groups in total. The molecule has 142 valence electrons. The highest BCUT2D eigenvalue weighted by Gasteiger charge is 2.21. The number of aromatic nitrogens is 1. The van der Waals surface area contributed by atoms with E-state index in [0.717, 1.165) is 11.1 Å². The van der Waals surface area contributed by atoms with Crippen molar-refractivity contribution in [2.75, 3.05) is 35.5 Å². The summed E-state index contributed by atoms with van der Waals surface area (Å²) in [6.07, 6.45) is 1.65. The normalized spacial score (nSPS) is 10.4. The average molecular weight is 371 g/mol. The van der Waals surface area contributed by atoms with Gasteiger partial charge < -0.3 is 28.2 Å². The van der Waals surface area contributed by atoms with Gasteiger partial charge in [0.1, 0.15) is 5.75 Å². The Bertz CT molecular complexity index is 934. The highest BCUT2D eigenvalue weighted by molar-refractivity contribution is 5.84. The minimum Gasteiger partial charge on any atom is -0.496 e. The van der Waals surface area contributed by atoms with Crippen LogP contribution in [-0.2, 0) is 0 Å². The molecule has 0 fully saturated rings. The lowest BCUT2D eigenvalue weighted by Crippen LogP contribution is -1.95. The molecule has 0 aliphatic carbocycles. The van der Waals surface area contributed by atoms with Gasteiger partial charge in [0.05, 0.1) is 47.3 Å². The van der Waals surface area contributed by atoms with Gasteiger partial charge in [-0.25, -0.2) is 0 Å². The van der Waals surface area contributed by atoms with Crippen LogP contribution in [0.4, 0.5) is 0 Å². The fraction of sp³-hybridized carbons (Fsp3) is 0.250. The molecule has 0 saturated carbocycles. The molecule has 2 aromatic carbocycles. The van der Waals surface area contributed by atoms with Crippen molar-refractivity contribution in [3.63, 3.8) is 0 Å². The molecule has 1 heterocycles. The zero-order valence-corrected chi connectivity index (χ0v) is 15.9. The van der Waals surface area contributed by atoms with Gasteiger partial charge in [0.25, 0.3) is 0 Å². The van der Waals surface area contributed by atoms with Gasteiger partial charge >= 0.3 is 0 Å². The summed E-state index contributed by atoms with van der Waals surface area (Å²) >= 11 is 0. The van der Waals surface area contributed by atoms with Crippen molar-refractivity contribution in [3.8, 4) is 51.2 Å². The van der Waals surface area contributed by atoms with Crippen LogP contribution < -0.4 is 23.7 Å². The van der Waals surface area contributed by atoms with Gasteiger partial charge in [0, 0.05) is 11.6 Å². The SMILES string of the molecule is COc1ccc(-c2cnoc2-c2cc(OC)c(OC)cc2OC)cc1OC. The first-order valence-corrected chi connectivity index (χ1v) is 8.14. The van der Waals surface area contributed by atoms with Crippen LogP contribution in [0.1, 0.15) is 0 Å². The van der Waals surface area contributed by atoms with Gasteiger partial charge in [-0.15, -0.1) is 0 Å². The highest BCUT2D eigenvalue weighted by Crippen LogP contribution is 2.44. The van der Waals surface area contributed by atoms with Gasteiger partial charge in [-0.1, -0.05) is 11.2 Å². The van der Waals surface area contributed by atoms with E-state index in [1.165, 1.54) is 0 Å². The Hall–Kier alpha value is -3.35. The Kier molecular flexibility index (Phi) is 5.40. The standard InChI is InChI=1S/C20H21NO6/c1-22-15-7-6-12(8-17(15)24-3)14-11-21-27-20(14)13-9-18(25-4)19(26-5)10-16(13)23-2/h6-11H,1-5H3. The van der Waals surface area contributed by atoms with Crippen LogP contribution >= 0.6 is 0 Å². The Balaban J connectivity index is 2.16. The third kappa shape index (κ3) is 3.36. The second kappa shape index (κ2) is 7.90. The quantitative estimate of drug-likeness (QED) is 0.620. The predicted octanol–water partition coefficient (Wildman–Crippen LogP) is 4.05. The summed E-state index contributed by atoms with van der Waals surface area (Å²) in [6, 6.07) is 9.14. The first-order valence-electron chi connectivity index (χ1n) is 8.14. The lowest BCUT2D eigenvalue weighted by atomic mass is 10.0. The van der Waals surface area contributed by atoms with Gasteiger partial charge in [-0.05, 0) is 23.8 Å². The molecule has 0 spiro atoms. The lowest BCUT2D eigenvalue weighted by molar-refractivity contribution is 0.348. The molecule has 7 heteroatoms. The second-order valence-electron chi connectivity index (χ2n) is 5.55. The number of methoxy groups -OCH3 is 5. The average Bonchev–Trinajstić information content (AvgIpc) is 3.21. The summed E-state index contributed by atoms with van der Waals surface area (Å²) < 4.78 is 32.5. The fourth-order valence-corrected chi connectivity index (χ4v) is 2.85. The number of ether oxygens (including phenoxy) is 5. The Morgan fingerprint density at radius 1 is 0.630 bits per heavy atom. The van der Waals surface area contributed by atoms with Crippen LogP contribution in [0.25, 0.3) is 22.5 Å². The van der Waals surface area contributed by atoms with E-state index in [-0.39, 0.29) is 0 Å². The summed E-state index contributed by atoms with van der Waals surface area (Å²) in [5, 5.41) is 3.97. The fourth-order valence-electron chi connectivity index (χ4n) is 2.85. The lowest BCUT2D eigenvalue weighted by Gasteiger charge is -2.14. The van der Waals surface area contributed by atoms with Gasteiger partial charge in [0.2, 0.25) is 0 Å². The van der Waals surface area contributed by atoms with Gasteiger partial charge in [-0.3, -0.25) is 0 Å². The van der Waals surface area contributed by atoms with Crippen LogP contribution in [0, 0.1) is 0 Å². The summed E-state index contributed by atoms with van der Waals surface area (Å²) in [7, 11) is 7.91. The van der Waals surface area contributed by atoms with Crippen LogP contribution in [0.5, 0.6) is 28.7 Å². The number of hydrogen-bond acceptors (Lipinski definition) is 7. The van der Waals surface area contributed by atoms with Crippen molar-refractivity contribution in [2.45, 2.75) is 0 Å². The summed E-state index contributed by atoms with van der Waals surface area (Å²) in [6.45, 7) is 0. The molecule has 3 aromatic rings. The van der Waals surface area contributed by atoms with Crippen molar-refractivity contribution in [1.29, 1.82) is 0 Å². The zero-order valence-electron chi connectivity index (χ0n) is 15.9. The maximum Gasteiger partial charge on any atom is 0.178 e. The van der Waals surface area contributed by atoms with E-state index in [9.17, 15) is 0 Å². The molecule has 0 unspecified atom stereocenters. The molecule has 0 saturated heterocycles. The molecule has 0 bridgehead atoms. The highest BCUT2D eigenvalue weighted by atomic mass is 16.5. The van der Waals surface area contributed by atoms with Crippen LogP contribution in [0.15, 0.2) is 41.1 Å². The minimum atomic E-state index is 0.542. The van der Waals surface area contributed by atoms with Crippen LogP contribution in [-0.4, -0.2) is 40.7 Å². The molecular formula is C20H21NO6. The molecule has 0 radical (unpaired) electrons. The minimum absolute atomic E-state index is 0.542. The first-order chi connectivity index (χ1) is 13.2. The third-order valence-corrected chi connectivity index (χ3v) is 4.22. The summed E-state index contributed by atoms with van der Waals surface area (Å²) in [5.74, 6) is 3.49. The summed E-state index contributed by atoms with van der Waals surface area (Å²) in [5.41, 5.74) is 2.33. The van der Waals surface area contributed by atoms with Crippen LogP contribution in [0.3, 0.4) is 0 Å². The Morgan fingerprint density at radius 3 is 1.85 bits per heavy atom. The van der Waals surface area contributed by atoms with E-state index >= 15 is 0 Å². The largest absolute Gasteiger partial charge is 0.496 e. The van der Waals surface area contributed by atoms with Crippen LogP contribution in [0.2, 0.25) is 0 Å². The maximum atomic E-state index is 5.55. The monoisotopic (exact) mass is 371 g/mol. The zero-order chi connectivity index (χ0) is 19.4.